The topological polar surface area (TPSA) is 103 Å². The van der Waals surface area contributed by atoms with E-state index < -0.39 is 5.91 Å². The lowest BCUT2D eigenvalue weighted by molar-refractivity contribution is 0.100. The van der Waals surface area contributed by atoms with Crippen molar-refractivity contribution in [1.29, 1.82) is 0 Å². The summed E-state index contributed by atoms with van der Waals surface area (Å²) in [5, 5.41) is 3.07. The molecule has 17 heavy (non-hydrogen) atoms. The Kier molecular flexibility index (Phi) is 5.22. The van der Waals surface area contributed by atoms with Crippen LogP contribution in [0.2, 0.25) is 0 Å². The summed E-state index contributed by atoms with van der Waals surface area (Å²) in [5.74, 6) is 0.0340. The van der Waals surface area contributed by atoms with Gasteiger partial charge in [0, 0.05) is 19.8 Å². The molecule has 1 heterocycles. The monoisotopic (exact) mass is 238 g/mol. The lowest BCUT2D eigenvalue weighted by Gasteiger charge is -2.08. The van der Waals surface area contributed by atoms with Gasteiger partial charge in [-0.1, -0.05) is 0 Å². The molecule has 0 unspecified atom stereocenters. The number of nitrogens with one attached hydrogen (secondary N) is 1. The predicted molar refractivity (Wildman–Crippen MR) is 66.8 cm³/mol. The molecule has 1 aromatic rings. The highest BCUT2D eigenvalue weighted by molar-refractivity contribution is 5.98. The molecule has 5 N–H and O–H groups in total. The van der Waals surface area contributed by atoms with E-state index in [4.69, 9.17) is 16.2 Å². The van der Waals surface area contributed by atoms with Crippen molar-refractivity contribution in [2.24, 2.45) is 5.73 Å². The van der Waals surface area contributed by atoms with E-state index in [1.807, 2.05) is 6.92 Å². The molecular weight excluding hydrogens is 220 g/mol. The van der Waals surface area contributed by atoms with Gasteiger partial charge >= 0.3 is 0 Å². The van der Waals surface area contributed by atoms with Gasteiger partial charge in [-0.3, -0.25) is 4.79 Å². The number of ether oxygens (including phenoxy) is 1. The molecule has 6 nitrogen and oxygen atoms in total. The van der Waals surface area contributed by atoms with Crippen LogP contribution in [0.5, 0.6) is 0 Å². The number of aromatic nitrogens is 1. The number of amides is 1. The molecule has 6 heteroatoms. The number of rotatable bonds is 7. The first-order valence-corrected chi connectivity index (χ1v) is 5.52. The molecule has 0 spiro atoms. The number of nitrogens with zero attached hydrogens (tertiary/aromatic N) is 1. The average Bonchev–Trinajstić information content (AvgIpc) is 2.30. The number of carbonyl (C=O) groups excluding carboxylic acids is 1. The molecule has 0 fully saturated rings. The van der Waals surface area contributed by atoms with Gasteiger partial charge in [-0.15, -0.1) is 0 Å². The molecule has 0 bridgehead atoms. The Morgan fingerprint density at radius 3 is 3.00 bits per heavy atom. The Hall–Kier alpha value is -1.82. The standard InChI is InChI=1S/C11H18N4O2/c1-2-17-5-3-4-14-10-6-8(11(13)16)9(12)7-15-10/h6-7H,2-5,12H2,1H3,(H2,13,16)(H,14,15). The van der Waals surface area contributed by atoms with Crippen molar-refractivity contribution in [1.82, 2.24) is 4.98 Å². The van der Waals surface area contributed by atoms with Gasteiger partial charge in [0.2, 0.25) is 0 Å². The van der Waals surface area contributed by atoms with Crippen LogP contribution in [0, 0.1) is 0 Å². The maximum Gasteiger partial charge on any atom is 0.250 e. The molecule has 1 amide bonds. The Morgan fingerprint density at radius 2 is 2.35 bits per heavy atom. The summed E-state index contributed by atoms with van der Waals surface area (Å²) in [6, 6.07) is 1.55. The van der Waals surface area contributed by atoms with Gasteiger partial charge in [0.1, 0.15) is 5.82 Å². The number of pyridine rings is 1. The number of primary amides is 1. The van der Waals surface area contributed by atoms with Crippen LogP contribution in [0.15, 0.2) is 12.3 Å². The minimum atomic E-state index is -0.553. The molecule has 94 valence electrons. The smallest absolute Gasteiger partial charge is 0.250 e. The summed E-state index contributed by atoms with van der Waals surface area (Å²) in [6.07, 6.45) is 2.29. The second-order valence-electron chi connectivity index (χ2n) is 3.50. The molecule has 0 aliphatic rings. The number of carbonyl (C=O) groups is 1. The van der Waals surface area contributed by atoms with Crippen molar-refractivity contribution < 1.29 is 9.53 Å². The lowest BCUT2D eigenvalue weighted by Crippen LogP contribution is -2.15. The van der Waals surface area contributed by atoms with E-state index in [2.05, 4.69) is 10.3 Å². The van der Waals surface area contributed by atoms with Crippen LogP contribution in [-0.2, 0) is 4.74 Å². The van der Waals surface area contributed by atoms with Crippen molar-refractivity contribution in [3.05, 3.63) is 17.8 Å². The van der Waals surface area contributed by atoms with E-state index in [1.54, 1.807) is 6.07 Å². The zero-order chi connectivity index (χ0) is 12.7. The minimum absolute atomic E-state index is 0.285. The van der Waals surface area contributed by atoms with Crippen molar-refractivity contribution in [3.63, 3.8) is 0 Å². The Labute approximate surface area is 100 Å². The molecular formula is C11H18N4O2. The van der Waals surface area contributed by atoms with Crippen LogP contribution in [0.3, 0.4) is 0 Å². The fourth-order valence-corrected chi connectivity index (χ4v) is 1.31. The van der Waals surface area contributed by atoms with E-state index >= 15 is 0 Å². The molecule has 0 aromatic carbocycles. The van der Waals surface area contributed by atoms with E-state index in [1.165, 1.54) is 6.20 Å². The van der Waals surface area contributed by atoms with Gasteiger partial charge in [0.05, 0.1) is 17.4 Å². The first-order chi connectivity index (χ1) is 8.15. The SMILES string of the molecule is CCOCCCNc1cc(C(N)=O)c(N)cn1. The second kappa shape index (κ2) is 6.70. The first-order valence-electron chi connectivity index (χ1n) is 5.52. The summed E-state index contributed by atoms with van der Waals surface area (Å²) in [4.78, 5) is 15.1. The zero-order valence-electron chi connectivity index (χ0n) is 9.90. The van der Waals surface area contributed by atoms with Crippen molar-refractivity contribution >= 4 is 17.4 Å². The number of hydrogen-bond donors (Lipinski definition) is 3. The molecule has 0 aliphatic heterocycles. The van der Waals surface area contributed by atoms with E-state index in [9.17, 15) is 4.79 Å². The van der Waals surface area contributed by atoms with Gasteiger partial charge in [0.15, 0.2) is 0 Å². The quantitative estimate of drug-likeness (QED) is 0.603. The van der Waals surface area contributed by atoms with E-state index in [0.29, 0.717) is 19.0 Å². The molecule has 1 rings (SSSR count). The Bertz CT molecular complexity index is 382. The summed E-state index contributed by atoms with van der Waals surface area (Å²) in [5.41, 5.74) is 11.3. The minimum Gasteiger partial charge on any atom is -0.397 e. The molecule has 0 saturated heterocycles. The third-order valence-electron chi connectivity index (χ3n) is 2.18. The maximum atomic E-state index is 11.1. The second-order valence-corrected chi connectivity index (χ2v) is 3.50. The van der Waals surface area contributed by atoms with Crippen LogP contribution >= 0.6 is 0 Å². The largest absolute Gasteiger partial charge is 0.397 e. The molecule has 0 aliphatic carbocycles. The fraction of sp³-hybridized carbons (Fsp3) is 0.455. The summed E-state index contributed by atoms with van der Waals surface area (Å²) in [7, 11) is 0. The lowest BCUT2D eigenvalue weighted by atomic mass is 10.2. The van der Waals surface area contributed by atoms with Crippen molar-refractivity contribution in [2.45, 2.75) is 13.3 Å². The molecule has 0 atom stereocenters. The highest BCUT2D eigenvalue weighted by Gasteiger charge is 2.07. The first kappa shape index (κ1) is 13.2. The van der Waals surface area contributed by atoms with Crippen molar-refractivity contribution in [3.8, 4) is 0 Å². The Balaban J connectivity index is 2.49. The van der Waals surface area contributed by atoms with Crippen molar-refractivity contribution in [2.75, 3.05) is 30.8 Å². The van der Waals surface area contributed by atoms with Crippen LogP contribution < -0.4 is 16.8 Å². The predicted octanol–water partition coefficient (Wildman–Crippen LogP) is 0.601. The number of anilines is 2. The number of nitrogen functional groups attached to an aromatic ring is 1. The zero-order valence-corrected chi connectivity index (χ0v) is 9.90. The summed E-state index contributed by atoms with van der Waals surface area (Å²) < 4.78 is 5.20. The van der Waals surface area contributed by atoms with Gasteiger partial charge in [-0.25, -0.2) is 4.98 Å². The van der Waals surface area contributed by atoms with Crippen LogP contribution in [0.1, 0.15) is 23.7 Å². The number of hydrogen-bond acceptors (Lipinski definition) is 5. The third kappa shape index (κ3) is 4.28. The maximum absolute atomic E-state index is 11.1. The summed E-state index contributed by atoms with van der Waals surface area (Å²) >= 11 is 0. The third-order valence-corrected chi connectivity index (χ3v) is 2.18. The highest BCUT2D eigenvalue weighted by Crippen LogP contribution is 2.13. The Morgan fingerprint density at radius 1 is 1.59 bits per heavy atom. The summed E-state index contributed by atoms with van der Waals surface area (Å²) in [6.45, 7) is 4.08. The highest BCUT2D eigenvalue weighted by atomic mass is 16.5. The average molecular weight is 238 g/mol. The van der Waals surface area contributed by atoms with Gasteiger partial charge in [-0.2, -0.15) is 0 Å². The van der Waals surface area contributed by atoms with Gasteiger partial charge in [-0.05, 0) is 19.4 Å². The van der Waals surface area contributed by atoms with E-state index in [-0.39, 0.29) is 11.3 Å². The fourth-order valence-electron chi connectivity index (χ4n) is 1.31. The van der Waals surface area contributed by atoms with Crippen LogP contribution in [-0.4, -0.2) is 30.6 Å². The van der Waals surface area contributed by atoms with Gasteiger partial charge < -0.3 is 21.5 Å². The van der Waals surface area contributed by atoms with Crippen LogP contribution in [0.25, 0.3) is 0 Å². The number of nitrogens with two attached hydrogens (primary N) is 2. The molecule has 0 saturated carbocycles. The van der Waals surface area contributed by atoms with Crippen LogP contribution in [0.4, 0.5) is 11.5 Å². The van der Waals surface area contributed by atoms with Gasteiger partial charge in [0.25, 0.3) is 5.91 Å². The molecule has 1 aromatic heterocycles. The molecule has 0 radical (unpaired) electrons. The van der Waals surface area contributed by atoms with E-state index in [0.717, 1.165) is 13.0 Å². The normalized spacial score (nSPS) is 10.2.